The van der Waals surface area contributed by atoms with E-state index in [2.05, 4.69) is 32.2 Å². The van der Waals surface area contributed by atoms with Gasteiger partial charge in [-0.15, -0.1) is 0 Å². The molecule has 0 spiro atoms. The predicted octanol–water partition coefficient (Wildman–Crippen LogP) is 2.14. The Balaban J connectivity index is 1.31. The largest absolute Gasteiger partial charge is 0.322 e. The second-order valence-corrected chi connectivity index (χ2v) is 8.71. The summed E-state index contributed by atoms with van der Waals surface area (Å²) in [6.07, 6.45) is 2.59. The molecule has 1 atom stereocenters. The number of nitrogens with one attached hydrogen (secondary N) is 1. The molecule has 2 saturated heterocycles. The molecule has 2 aliphatic heterocycles. The molecule has 1 aromatic heterocycles. The van der Waals surface area contributed by atoms with Crippen molar-refractivity contribution in [3.05, 3.63) is 41.7 Å². The van der Waals surface area contributed by atoms with Gasteiger partial charge < -0.3 is 10.2 Å². The maximum absolute atomic E-state index is 12.7. The fourth-order valence-corrected chi connectivity index (χ4v) is 4.75. The summed E-state index contributed by atoms with van der Waals surface area (Å²) in [6, 6.07) is 10.7. The number of carbonyl (C=O) groups excluding carboxylic acids is 1. The van der Waals surface area contributed by atoms with Crippen LogP contribution in [0.1, 0.15) is 24.2 Å². The first-order chi connectivity index (χ1) is 14.5. The summed E-state index contributed by atoms with van der Waals surface area (Å²) < 4.78 is 1.89. The van der Waals surface area contributed by atoms with Crippen LogP contribution in [0.2, 0.25) is 0 Å². The van der Waals surface area contributed by atoms with Gasteiger partial charge in [-0.2, -0.15) is 5.10 Å². The lowest BCUT2D eigenvalue weighted by Crippen LogP contribution is -2.55. The van der Waals surface area contributed by atoms with Crippen molar-refractivity contribution < 1.29 is 4.79 Å². The fraction of sp³-hybridized carbons (Fsp3) is 0.565. The minimum absolute atomic E-state index is 0.0414. The van der Waals surface area contributed by atoms with Gasteiger partial charge in [0.25, 0.3) is 0 Å². The Hall–Kier alpha value is -2.22. The molecule has 2 aliphatic rings. The summed E-state index contributed by atoms with van der Waals surface area (Å²) in [5.74, 6) is 0.0414. The molecule has 0 radical (unpaired) electrons. The van der Waals surface area contributed by atoms with Crippen LogP contribution in [0.4, 0.5) is 5.69 Å². The number of likely N-dealkylation sites (tertiary alicyclic amines) is 1. The van der Waals surface area contributed by atoms with E-state index in [1.54, 1.807) is 0 Å². The lowest BCUT2D eigenvalue weighted by atomic mass is 10.0. The second kappa shape index (κ2) is 9.29. The normalized spacial score (nSPS) is 21.6. The van der Waals surface area contributed by atoms with Crippen molar-refractivity contribution in [2.75, 3.05) is 58.2 Å². The van der Waals surface area contributed by atoms with E-state index < -0.39 is 0 Å². The monoisotopic (exact) mass is 410 g/mol. The van der Waals surface area contributed by atoms with E-state index in [1.165, 1.54) is 25.9 Å². The molecule has 1 aromatic carbocycles. The van der Waals surface area contributed by atoms with Gasteiger partial charge in [-0.05, 0) is 52.4 Å². The molecule has 162 valence electrons. The third kappa shape index (κ3) is 4.74. The number of anilines is 1. The van der Waals surface area contributed by atoms with E-state index in [9.17, 15) is 4.79 Å². The lowest BCUT2D eigenvalue weighted by Gasteiger charge is -2.42. The topological polar surface area (TPSA) is 56.6 Å². The van der Waals surface area contributed by atoms with Crippen molar-refractivity contribution in [2.45, 2.75) is 32.7 Å². The highest BCUT2D eigenvalue weighted by atomic mass is 16.2. The van der Waals surface area contributed by atoms with E-state index in [4.69, 9.17) is 0 Å². The van der Waals surface area contributed by atoms with E-state index >= 15 is 0 Å². The number of benzene rings is 1. The van der Waals surface area contributed by atoms with Crippen LogP contribution >= 0.6 is 0 Å². The first-order valence-electron chi connectivity index (χ1n) is 11.1. The summed E-state index contributed by atoms with van der Waals surface area (Å²) in [4.78, 5) is 20.1. The third-order valence-electron chi connectivity index (χ3n) is 6.45. The number of amides is 1. The predicted molar refractivity (Wildman–Crippen MR) is 120 cm³/mol. The van der Waals surface area contributed by atoms with Gasteiger partial charge in [-0.25, -0.2) is 4.68 Å². The quantitative estimate of drug-likeness (QED) is 0.819. The Bertz CT molecular complexity index is 856. The van der Waals surface area contributed by atoms with Crippen molar-refractivity contribution in [2.24, 2.45) is 0 Å². The third-order valence-corrected chi connectivity index (χ3v) is 6.45. The Morgan fingerprint density at radius 3 is 2.53 bits per heavy atom. The highest BCUT2D eigenvalue weighted by Gasteiger charge is 2.27. The summed E-state index contributed by atoms with van der Waals surface area (Å²) >= 11 is 0. The van der Waals surface area contributed by atoms with Crippen LogP contribution in [0.15, 0.2) is 30.3 Å². The number of hydrogen-bond acceptors (Lipinski definition) is 5. The molecule has 0 bridgehead atoms. The molecule has 2 aromatic rings. The molecular weight excluding hydrogens is 376 g/mol. The number of carbonyl (C=O) groups is 1. The smallest absolute Gasteiger partial charge is 0.238 e. The van der Waals surface area contributed by atoms with Crippen LogP contribution in [-0.4, -0.2) is 89.3 Å². The molecule has 7 heteroatoms. The summed E-state index contributed by atoms with van der Waals surface area (Å²) in [5.41, 5.74) is 3.63. The van der Waals surface area contributed by atoms with Crippen molar-refractivity contribution in [3.63, 3.8) is 0 Å². The molecule has 30 heavy (non-hydrogen) atoms. The number of likely N-dealkylation sites (N-methyl/N-ethyl adjacent to an activating group) is 1. The molecule has 3 heterocycles. The van der Waals surface area contributed by atoms with Gasteiger partial charge in [0, 0.05) is 38.8 Å². The van der Waals surface area contributed by atoms with E-state index in [0.717, 1.165) is 48.9 Å². The highest BCUT2D eigenvalue weighted by molar-refractivity contribution is 5.93. The molecule has 0 saturated carbocycles. The Labute approximate surface area is 179 Å². The maximum Gasteiger partial charge on any atom is 0.238 e. The van der Waals surface area contributed by atoms with Gasteiger partial charge in [0.1, 0.15) is 0 Å². The zero-order valence-corrected chi connectivity index (χ0v) is 18.5. The maximum atomic E-state index is 12.7. The molecule has 1 unspecified atom stereocenters. The van der Waals surface area contributed by atoms with E-state index in [1.807, 2.05) is 48.9 Å². The van der Waals surface area contributed by atoms with Gasteiger partial charge in [0.05, 0.1) is 29.3 Å². The zero-order valence-electron chi connectivity index (χ0n) is 18.5. The molecule has 2 fully saturated rings. The van der Waals surface area contributed by atoms with Crippen LogP contribution < -0.4 is 5.32 Å². The molecule has 0 aliphatic carbocycles. The second-order valence-electron chi connectivity index (χ2n) is 8.71. The Morgan fingerprint density at radius 1 is 1.10 bits per heavy atom. The van der Waals surface area contributed by atoms with Crippen LogP contribution in [0.25, 0.3) is 5.69 Å². The lowest BCUT2D eigenvalue weighted by molar-refractivity contribution is -0.117. The zero-order chi connectivity index (χ0) is 21.1. The molecule has 1 N–H and O–H groups in total. The van der Waals surface area contributed by atoms with Crippen molar-refractivity contribution in [1.82, 2.24) is 24.5 Å². The average molecular weight is 411 g/mol. The van der Waals surface area contributed by atoms with Crippen molar-refractivity contribution in [3.8, 4) is 5.69 Å². The number of para-hydroxylation sites is 1. The van der Waals surface area contributed by atoms with Gasteiger partial charge in [-0.3, -0.25) is 14.6 Å². The summed E-state index contributed by atoms with van der Waals surface area (Å²) in [6.45, 7) is 10.8. The number of hydrogen-bond donors (Lipinski definition) is 1. The van der Waals surface area contributed by atoms with Crippen LogP contribution in [0.3, 0.4) is 0 Å². The number of piperidine rings is 1. The van der Waals surface area contributed by atoms with E-state index in [-0.39, 0.29) is 5.91 Å². The fourth-order valence-electron chi connectivity index (χ4n) is 4.75. The number of nitrogens with zero attached hydrogens (tertiary/aromatic N) is 5. The first-order valence-corrected chi connectivity index (χ1v) is 11.1. The summed E-state index contributed by atoms with van der Waals surface area (Å²) in [7, 11) is 2.22. The number of aryl methyl sites for hydroxylation is 1. The van der Waals surface area contributed by atoms with Crippen LogP contribution in [0.5, 0.6) is 0 Å². The van der Waals surface area contributed by atoms with Gasteiger partial charge in [0.2, 0.25) is 5.91 Å². The molecule has 1 amide bonds. The number of piperazine rings is 1. The molecule has 7 nitrogen and oxygen atoms in total. The van der Waals surface area contributed by atoms with Gasteiger partial charge >= 0.3 is 0 Å². The Morgan fingerprint density at radius 2 is 1.83 bits per heavy atom. The minimum atomic E-state index is 0.0414. The Kier molecular flexibility index (Phi) is 6.51. The minimum Gasteiger partial charge on any atom is -0.322 e. The van der Waals surface area contributed by atoms with E-state index in [0.29, 0.717) is 12.6 Å². The van der Waals surface area contributed by atoms with Crippen molar-refractivity contribution >= 4 is 11.6 Å². The van der Waals surface area contributed by atoms with Gasteiger partial charge in [0.15, 0.2) is 0 Å². The van der Waals surface area contributed by atoms with Crippen LogP contribution in [-0.2, 0) is 4.79 Å². The van der Waals surface area contributed by atoms with Crippen molar-refractivity contribution in [1.29, 1.82) is 0 Å². The SMILES string of the molecule is Cc1nn(-c2ccccc2)c(C)c1NC(=O)CN1CCN(C2CCCN(C)C2)CC1. The average Bonchev–Trinajstić information content (AvgIpc) is 3.03. The summed E-state index contributed by atoms with van der Waals surface area (Å²) in [5, 5.41) is 7.74. The van der Waals surface area contributed by atoms with Gasteiger partial charge in [-0.1, -0.05) is 18.2 Å². The standard InChI is InChI=1S/C23H34N6O/c1-18-23(19(2)29(25-18)20-8-5-4-6-9-20)24-22(30)17-27-12-14-28(15-13-27)21-10-7-11-26(3)16-21/h4-6,8-9,21H,7,10-17H2,1-3H3,(H,24,30). The first kappa shape index (κ1) is 21.0. The molecular formula is C23H34N6O. The van der Waals surface area contributed by atoms with Crippen LogP contribution in [0, 0.1) is 13.8 Å². The number of aromatic nitrogens is 2. The highest BCUT2D eigenvalue weighted by Crippen LogP contribution is 2.23. The molecule has 4 rings (SSSR count). The number of rotatable bonds is 5.